The van der Waals surface area contributed by atoms with Crippen LogP contribution in [0.25, 0.3) is 0 Å². The molecule has 0 bridgehead atoms. The summed E-state index contributed by atoms with van der Waals surface area (Å²) in [7, 11) is 0. The molecule has 0 radical (unpaired) electrons. The van der Waals surface area contributed by atoms with Gasteiger partial charge in [0.1, 0.15) is 0 Å². The molecule has 1 aromatic heterocycles. The number of piperazine rings is 1. The molecule has 31 heavy (non-hydrogen) atoms. The van der Waals surface area contributed by atoms with Crippen molar-refractivity contribution in [2.45, 2.75) is 25.4 Å². The van der Waals surface area contributed by atoms with Gasteiger partial charge >= 0.3 is 6.18 Å². The number of rotatable bonds is 6. The normalized spacial score (nSPS) is 17.0. The Bertz CT molecular complexity index is 952. The molecule has 0 unspecified atom stereocenters. The summed E-state index contributed by atoms with van der Waals surface area (Å²) >= 11 is 1.17. The van der Waals surface area contributed by atoms with Gasteiger partial charge in [0.15, 0.2) is 0 Å². The average molecular weight is 453 g/mol. The van der Waals surface area contributed by atoms with Crippen molar-refractivity contribution in [1.82, 2.24) is 20.4 Å². The molecule has 11 heteroatoms. The van der Waals surface area contributed by atoms with Crippen molar-refractivity contribution in [2.75, 3.05) is 37.6 Å². The van der Waals surface area contributed by atoms with E-state index in [0.717, 1.165) is 18.4 Å². The Kier molecular flexibility index (Phi) is 6.12. The summed E-state index contributed by atoms with van der Waals surface area (Å²) in [6.07, 6.45) is -1.15. The number of amides is 2. The van der Waals surface area contributed by atoms with E-state index in [2.05, 4.69) is 15.5 Å². The molecule has 1 saturated heterocycles. The van der Waals surface area contributed by atoms with Gasteiger partial charge in [-0.05, 0) is 24.5 Å². The predicted molar refractivity (Wildman–Crippen MR) is 109 cm³/mol. The lowest BCUT2D eigenvalue weighted by Crippen LogP contribution is -2.49. The number of carbonyl (C=O) groups excluding carboxylic acids is 2. The zero-order valence-corrected chi connectivity index (χ0v) is 17.5. The molecular weight excluding hydrogens is 431 g/mol. The van der Waals surface area contributed by atoms with Crippen molar-refractivity contribution in [1.29, 1.82) is 0 Å². The number of aromatic nitrogens is 2. The zero-order valence-electron chi connectivity index (χ0n) is 16.7. The molecule has 1 N–H and O–H groups in total. The van der Waals surface area contributed by atoms with Crippen LogP contribution < -0.4 is 10.2 Å². The first-order valence-electron chi connectivity index (χ1n) is 10.1. The molecule has 0 atom stereocenters. The van der Waals surface area contributed by atoms with Crippen molar-refractivity contribution < 1.29 is 22.8 Å². The van der Waals surface area contributed by atoms with Crippen molar-refractivity contribution in [3.8, 4) is 0 Å². The van der Waals surface area contributed by atoms with Gasteiger partial charge in [-0.15, -0.1) is 10.2 Å². The van der Waals surface area contributed by atoms with Crippen LogP contribution in [-0.4, -0.2) is 59.6 Å². The van der Waals surface area contributed by atoms with Gasteiger partial charge in [-0.1, -0.05) is 36.3 Å². The summed E-state index contributed by atoms with van der Waals surface area (Å²) in [6.45, 7) is 1.94. The van der Waals surface area contributed by atoms with Crippen LogP contribution in [0.3, 0.4) is 0 Å². The largest absolute Gasteiger partial charge is 0.417 e. The zero-order chi connectivity index (χ0) is 22.0. The molecule has 2 amide bonds. The predicted octanol–water partition coefficient (Wildman–Crippen LogP) is 3.05. The standard InChI is InChI=1S/C20H22F3N5O2S/c21-20(22,23)15-4-2-1-3-14(15)18(30)27-9-11-28(12-10-27)19-26-25-17(31-19)16(29)24-8-7-13-5-6-13/h1-4,13H,5-12H2,(H,24,29). The molecule has 0 spiro atoms. The smallest absolute Gasteiger partial charge is 0.350 e. The number of carbonyl (C=O) groups is 2. The Morgan fingerprint density at radius 1 is 1.10 bits per heavy atom. The second-order valence-corrected chi connectivity index (χ2v) is 8.66. The number of nitrogens with one attached hydrogen (secondary N) is 1. The third kappa shape index (κ3) is 5.15. The Balaban J connectivity index is 1.33. The van der Waals surface area contributed by atoms with E-state index in [4.69, 9.17) is 0 Å². The molecule has 2 aromatic rings. The molecule has 2 aliphatic rings. The molecule has 1 aliphatic carbocycles. The molecule has 1 aliphatic heterocycles. The SMILES string of the molecule is O=C(NCCC1CC1)c1nnc(N2CCN(C(=O)c3ccccc3C(F)(F)F)CC2)s1. The molecule has 1 aromatic carbocycles. The summed E-state index contributed by atoms with van der Waals surface area (Å²) < 4.78 is 39.7. The van der Waals surface area contributed by atoms with E-state index in [1.165, 1.54) is 47.3 Å². The lowest BCUT2D eigenvalue weighted by molar-refractivity contribution is -0.138. The summed E-state index contributed by atoms with van der Waals surface area (Å²) in [4.78, 5) is 28.2. The second kappa shape index (κ2) is 8.81. The van der Waals surface area contributed by atoms with Crippen LogP contribution in [-0.2, 0) is 6.18 Å². The number of anilines is 1. The van der Waals surface area contributed by atoms with Gasteiger partial charge in [0.05, 0.1) is 11.1 Å². The van der Waals surface area contributed by atoms with Gasteiger partial charge in [0, 0.05) is 32.7 Å². The number of hydrogen-bond acceptors (Lipinski definition) is 6. The Labute approximate surface area is 181 Å². The van der Waals surface area contributed by atoms with Crippen LogP contribution in [0, 0.1) is 5.92 Å². The van der Waals surface area contributed by atoms with Crippen molar-refractivity contribution in [3.05, 3.63) is 40.4 Å². The number of hydrogen-bond donors (Lipinski definition) is 1. The highest BCUT2D eigenvalue weighted by atomic mass is 32.1. The quantitative estimate of drug-likeness (QED) is 0.728. The Hall–Kier alpha value is -2.69. The first-order valence-corrected chi connectivity index (χ1v) is 11.0. The molecule has 7 nitrogen and oxygen atoms in total. The fourth-order valence-electron chi connectivity index (χ4n) is 3.49. The first-order chi connectivity index (χ1) is 14.8. The fraction of sp³-hybridized carbons (Fsp3) is 0.500. The van der Waals surface area contributed by atoms with E-state index in [9.17, 15) is 22.8 Å². The number of nitrogens with zero attached hydrogens (tertiary/aromatic N) is 4. The van der Waals surface area contributed by atoms with Gasteiger partial charge in [0.2, 0.25) is 10.1 Å². The Morgan fingerprint density at radius 3 is 2.48 bits per heavy atom. The third-order valence-electron chi connectivity index (χ3n) is 5.44. The number of halogens is 3. The minimum atomic E-state index is -4.59. The third-order valence-corrected chi connectivity index (χ3v) is 6.43. The van der Waals surface area contributed by atoms with E-state index in [1.54, 1.807) is 0 Å². The van der Waals surface area contributed by atoms with Gasteiger partial charge in [-0.2, -0.15) is 13.2 Å². The van der Waals surface area contributed by atoms with E-state index in [0.29, 0.717) is 24.8 Å². The van der Waals surface area contributed by atoms with Gasteiger partial charge < -0.3 is 15.1 Å². The lowest BCUT2D eigenvalue weighted by atomic mass is 10.1. The van der Waals surface area contributed by atoms with Gasteiger partial charge in [-0.25, -0.2) is 0 Å². The van der Waals surface area contributed by atoms with E-state index < -0.39 is 17.6 Å². The van der Waals surface area contributed by atoms with Crippen molar-refractivity contribution in [2.24, 2.45) is 5.92 Å². The van der Waals surface area contributed by atoms with Crippen LogP contribution in [0.1, 0.15) is 45.0 Å². The summed E-state index contributed by atoms with van der Waals surface area (Å²) in [5.41, 5.74) is -1.27. The second-order valence-electron chi connectivity index (χ2n) is 7.70. The molecule has 2 heterocycles. The minimum Gasteiger partial charge on any atom is -0.350 e. The molecule has 2 fully saturated rings. The van der Waals surface area contributed by atoms with Crippen LogP contribution in [0.2, 0.25) is 0 Å². The maximum Gasteiger partial charge on any atom is 0.417 e. The van der Waals surface area contributed by atoms with Crippen molar-refractivity contribution in [3.63, 3.8) is 0 Å². The van der Waals surface area contributed by atoms with E-state index >= 15 is 0 Å². The summed E-state index contributed by atoms with van der Waals surface area (Å²) in [6, 6.07) is 4.82. The van der Waals surface area contributed by atoms with Crippen LogP contribution in [0.15, 0.2) is 24.3 Å². The maximum absolute atomic E-state index is 13.2. The lowest BCUT2D eigenvalue weighted by Gasteiger charge is -2.34. The number of benzene rings is 1. The highest BCUT2D eigenvalue weighted by molar-refractivity contribution is 7.17. The van der Waals surface area contributed by atoms with Gasteiger partial charge in [-0.3, -0.25) is 9.59 Å². The highest BCUT2D eigenvalue weighted by Gasteiger charge is 2.36. The number of alkyl halides is 3. The van der Waals surface area contributed by atoms with Crippen LogP contribution in [0.5, 0.6) is 0 Å². The first kappa shape index (κ1) is 21.5. The van der Waals surface area contributed by atoms with Crippen LogP contribution >= 0.6 is 11.3 Å². The molecular formula is C20H22F3N5O2S. The average Bonchev–Trinajstić information content (AvgIpc) is 3.45. The van der Waals surface area contributed by atoms with Crippen LogP contribution in [0.4, 0.5) is 18.3 Å². The molecule has 166 valence electrons. The molecule has 4 rings (SSSR count). The monoisotopic (exact) mass is 453 g/mol. The van der Waals surface area contributed by atoms with E-state index in [-0.39, 0.29) is 29.6 Å². The van der Waals surface area contributed by atoms with E-state index in [1.807, 2.05) is 4.90 Å². The summed E-state index contributed by atoms with van der Waals surface area (Å²) in [5, 5.41) is 11.7. The summed E-state index contributed by atoms with van der Waals surface area (Å²) in [5.74, 6) is -0.157. The fourth-order valence-corrected chi connectivity index (χ4v) is 4.31. The van der Waals surface area contributed by atoms with Gasteiger partial charge in [0.25, 0.3) is 11.8 Å². The highest BCUT2D eigenvalue weighted by Crippen LogP contribution is 2.33. The minimum absolute atomic E-state index is 0.248. The maximum atomic E-state index is 13.2. The van der Waals surface area contributed by atoms with Crippen molar-refractivity contribution >= 4 is 28.3 Å². The topological polar surface area (TPSA) is 78.4 Å². The Morgan fingerprint density at radius 2 is 1.81 bits per heavy atom. The molecule has 1 saturated carbocycles.